The van der Waals surface area contributed by atoms with E-state index in [9.17, 15) is 19.8 Å². The van der Waals surface area contributed by atoms with Crippen molar-refractivity contribution >= 4 is 11.9 Å². The molecule has 0 aliphatic heterocycles. The highest BCUT2D eigenvalue weighted by atomic mass is 16.5. The van der Waals surface area contributed by atoms with Crippen LogP contribution >= 0.6 is 0 Å². The van der Waals surface area contributed by atoms with Crippen molar-refractivity contribution in [2.24, 2.45) is 0 Å². The van der Waals surface area contributed by atoms with Crippen LogP contribution in [0.5, 0.6) is 23.0 Å². The fraction of sp³-hybridized carbons (Fsp3) is 0.303. The van der Waals surface area contributed by atoms with E-state index in [2.05, 4.69) is 15.0 Å². The molecule has 4 N–H and O–H groups in total. The molecule has 0 amide bonds. The van der Waals surface area contributed by atoms with E-state index in [4.69, 9.17) is 19.7 Å². The first-order valence-electron chi connectivity index (χ1n) is 14.5. The SMILES string of the molecule is O=C(O)CCCCCOc1ccc(-c2nc(-c3ccccc3)nc(-c3ccc(OCCCCCC(=O)O)cc3O)n2)c(O)c1. The van der Waals surface area contributed by atoms with Crippen LogP contribution in [0.15, 0.2) is 66.7 Å². The molecule has 0 atom stereocenters. The number of benzene rings is 3. The molecule has 0 radical (unpaired) electrons. The highest BCUT2D eigenvalue weighted by molar-refractivity contribution is 5.72. The molecule has 11 heteroatoms. The van der Waals surface area contributed by atoms with Crippen LogP contribution in [-0.2, 0) is 9.59 Å². The van der Waals surface area contributed by atoms with Crippen LogP contribution in [0, 0.1) is 0 Å². The van der Waals surface area contributed by atoms with Gasteiger partial charge in [-0.25, -0.2) is 15.0 Å². The summed E-state index contributed by atoms with van der Waals surface area (Å²) in [5.41, 5.74) is 1.42. The number of hydrogen-bond acceptors (Lipinski definition) is 9. The fourth-order valence-corrected chi connectivity index (χ4v) is 4.40. The van der Waals surface area contributed by atoms with Gasteiger partial charge < -0.3 is 29.9 Å². The number of aromatic hydroxyl groups is 2. The Morgan fingerprint density at radius 2 is 1.02 bits per heavy atom. The fourth-order valence-electron chi connectivity index (χ4n) is 4.40. The summed E-state index contributed by atoms with van der Waals surface area (Å²) in [5, 5.41) is 39.3. The maximum absolute atomic E-state index is 10.9. The molecule has 230 valence electrons. The summed E-state index contributed by atoms with van der Waals surface area (Å²) in [6.07, 6.45) is 4.23. The molecule has 3 aromatic carbocycles. The van der Waals surface area contributed by atoms with Crippen molar-refractivity contribution in [1.82, 2.24) is 15.0 Å². The molecule has 0 aliphatic carbocycles. The summed E-state index contributed by atoms with van der Waals surface area (Å²) in [6, 6.07) is 18.9. The topological polar surface area (TPSA) is 172 Å². The lowest BCUT2D eigenvalue weighted by molar-refractivity contribution is -0.138. The van der Waals surface area contributed by atoms with E-state index in [0.717, 1.165) is 18.4 Å². The molecule has 0 aliphatic rings. The van der Waals surface area contributed by atoms with Gasteiger partial charge in [-0.05, 0) is 62.8 Å². The van der Waals surface area contributed by atoms with Crippen molar-refractivity contribution in [3.05, 3.63) is 66.7 Å². The third-order valence-corrected chi connectivity index (χ3v) is 6.70. The minimum Gasteiger partial charge on any atom is -0.507 e. The number of unbranched alkanes of at least 4 members (excludes halogenated alkanes) is 4. The Morgan fingerprint density at radius 1 is 0.568 bits per heavy atom. The molecule has 0 spiro atoms. The zero-order chi connectivity index (χ0) is 31.3. The van der Waals surface area contributed by atoms with E-state index < -0.39 is 11.9 Å². The summed E-state index contributed by atoms with van der Waals surface area (Å²) in [7, 11) is 0. The van der Waals surface area contributed by atoms with E-state index in [-0.39, 0.29) is 36.0 Å². The van der Waals surface area contributed by atoms with Crippen LogP contribution in [0.2, 0.25) is 0 Å². The summed E-state index contributed by atoms with van der Waals surface area (Å²) >= 11 is 0. The zero-order valence-corrected chi connectivity index (χ0v) is 24.2. The molecular weight excluding hydrogens is 566 g/mol. The summed E-state index contributed by atoms with van der Waals surface area (Å²) in [4.78, 5) is 35.1. The van der Waals surface area contributed by atoms with Crippen LogP contribution in [0.1, 0.15) is 51.4 Å². The molecular formula is C33H35N3O8. The van der Waals surface area contributed by atoms with Gasteiger partial charge in [0.05, 0.1) is 24.3 Å². The van der Waals surface area contributed by atoms with E-state index in [1.807, 2.05) is 30.3 Å². The second-order valence-corrected chi connectivity index (χ2v) is 10.1. The predicted molar refractivity (Wildman–Crippen MR) is 163 cm³/mol. The van der Waals surface area contributed by atoms with Crippen LogP contribution in [-0.4, -0.2) is 60.5 Å². The molecule has 1 heterocycles. The quantitative estimate of drug-likeness (QED) is 0.0996. The molecule has 11 nitrogen and oxygen atoms in total. The van der Waals surface area contributed by atoms with Gasteiger partial charge in [0.2, 0.25) is 0 Å². The molecule has 4 aromatic rings. The lowest BCUT2D eigenvalue weighted by Crippen LogP contribution is -2.02. The summed E-state index contributed by atoms with van der Waals surface area (Å²) in [5.74, 6) is -0.157. The number of rotatable bonds is 17. The van der Waals surface area contributed by atoms with Crippen LogP contribution in [0.4, 0.5) is 0 Å². The molecule has 44 heavy (non-hydrogen) atoms. The van der Waals surface area contributed by atoms with E-state index >= 15 is 0 Å². The van der Waals surface area contributed by atoms with E-state index in [0.29, 0.717) is 67.3 Å². The summed E-state index contributed by atoms with van der Waals surface area (Å²) in [6.45, 7) is 0.770. The number of aliphatic carboxylic acids is 2. The number of carboxylic acids is 2. The van der Waals surface area contributed by atoms with Crippen molar-refractivity contribution in [2.45, 2.75) is 51.4 Å². The first-order valence-corrected chi connectivity index (χ1v) is 14.5. The van der Waals surface area contributed by atoms with Crippen LogP contribution in [0.3, 0.4) is 0 Å². The Labute approximate surface area is 254 Å². The monoisotopic (exact) mass is 601 g/mol. The van der Waals surface area contributed by atoms with Crippen molar-refractivity contribution < 1.29 is 39.5 Å². The number of hydrogen-bond donors (Lipinski definition) is 4. The number of aromatic nitrogens is 3. The highest BCUT2D eigenvalue weighted by Gasteiger charge is 2.17. The largest absolute Gasteiger partial charge is 0.507 e. The number of nitrogens with zero attached hydrogens (tertiary/aromatic N) is 3. The second kappa shape index (κ2) is 15.9. The van der Waals surface area contributed by atoms with Gasteiger partial charge in [-0.1, -0.05) is 30.3 Å². The first kappa shape index (κ1) is 31.7. The van der Waals surface area contributed by atoms with E-state index in [1.165, 1.54) is 12.1 Å². The Hall–Kier alpha value is -5.19. The van der Waals surface area contributed by atoms with Crippen molar-refractivity contribution in [3.8, 4) is 57.2 Å². The van der Waals surface area contributed by atoms with Gasteiger partial charge in [0.1, 0.15) is 23.0 Å². The van der Waals surface area contributed by atoms with Gasteiger partial charge in [0.15, 0.2) is 17.5 Å². The lowest BCUT2D eigenvalue weighted by Gasteiger charge is -2.12. The molecule has 4 rings (SSSR count). The minimum atomic E-state index is -0.817. The number of phenolic OH excluding ortho intramolecular Hbond substituents is 2. The summed E-state index contributed by atoms with van der Waals surface area (Å²) < 4.78 is 11.5. The van der Waals surface area contributed by atoms with Gasteiger partial charge in [-0.2, -0.15) is 0 Å². The second-order valence-electron chi connectivity index (χ2n) is 10.1. The maximum atomic E-state index is 10.9. The lowest BCUT2D eigenvalue weighted by atomic mass is 10.1. The Morgan fingerprint density at radius 3 is 1.45 bits per heavy atom. The molecule has 0 saturated carbocycles. The minimum absolute atomic E-state index is 0.0964. The van der Waals surface area contributed by atoms with Gasteiger partial charge in [-0.3, -0.25) is 9.59 Å². The third kappa shape index (κ3) is 9.41. The van der Waals surface area contributed by atoms with Crippen LogP contribution in [0.25, 0.3) is 34.2 Å². The average Bonchev–Trinajstić information content (AvgIpc) is 3.00. The standard InChI is InChI=1S/C33H35N3O8/c37-27-20-23(43-18-8-2-6-12-29(39)40)14-16-25(27)32-34-31(22-10-4-1-5-11-22)35-33(36-32)26-17-15-24(21-28(26)38)44-19-9-3-7-13-30(41)42/h1,4-5,10-11,14-17,20-21,37-38H,2-3,6-9,12-13,18-19H2,(H,39,40)(H,41,42). The van der Waals surface area contributed by atoms with E-state index in [1.54, 1.807) is 24.3 Å². The average molecular weight is 602 g/mol. The normalized spacial score (nSPS) is 10.8. The first-order chi connectivity index (χ1) is 21.3. The number of carboxylic acid groups (broad SMARTS) is 2. The van der Waals surface area contributed by atoms with Gasteiger partial charge in [0.25, 0.3) is 0 Å². The van der Waals surface area contributed by atoms with Gasteiger partial charge in [0, 0.05) is 30.5 Å². The molecule has 0 bridgehead atoms. The number of phenols is 2. The van der Waals surface area contributed by atoms with Crippen LogP contribution < -0.4 is 9.47 Å². The third-order valence-electron chi connectivity index (χ3n) is 6.70. The maximum Gasteiger partial charge on any atom is 0.303 e. The van der Waals surface area contributed by atoms with Crippen molar-refractivity contribution in [1.29, 1.82) is 0 Å². The molecule has 1 aromatic heterocycles. The van der Waals surface area contributed by atoms with Crippen molar-refractivity contribution in [2.75, 3.05) is 13.2 Å². The van der Waals surface area contributed by atoms with Crippen molar-refractivity contribution in [3.63, 3.8) is 0 Å². The molecule has 0 unspecified atom stereocenters. The molecule has 0 fully saturated rings. The van der Waals surface area contributed by atoms with Gasteiger partial charge in [-0.15, -0.1) is 0 Å². The Kier molecular flexibility index (Phi) is 11.5. The Bertz CT molecular complexity index is 1470. The number of carbonyl (C=O) groups is 2. The highest BCUT2D eigenvalue weighted by Crippen LogP contribution is 2.35. The number of ether oxygens (including phenoxy) is 2. The smallest absolute Gasteiger partial charge is 0.303 e. The molecule has 0 saturated heterocycles. The Balaban J connectivity index is 1.52. The predicted octanol–water partition coefficient (Wildman–Crippen LogP) is 6.33. The zero-order valence-electron chi connectivity index (χ0n) is 24.2. The van der Waals surface area contributed by atoms with Gasteiger partial charge >= 0.3 is 11.9 Å².